The van der Waals surface area contributed by atoms with Crippen molar-refractivity contribution in [1.82, 2.24) is 9.58 Å². The van der Waals surface area contributed by atoms with Gasteiger partial charge in [-0.25, -0.2) is 14.3 Å². The van der Waals surface area contributed by atoms with Gasteiger partial charge in [-0.15, -0.1) is 0 Å². The van der Waals surface area contributed by atoms with E-state index in [1.165, 1.54) is 4.68 Å². The molecule has 0 saturated carbocycles. The van der Waals surface area contributed by atoms with Gasteiger partial charge in [-0.2, -0.15) is 5.10 Å². The van der Waals surface area contributed by atoms with Crippen LogP contribution in [0.1, 0.15) is 46.0 Å². The predicted octanol–water partition coefficient (Wildman–Crippen LogP) is 1.81. The fourth-order valence-corrected chi connectivity index (χ4v) is 2.06. The summed E-state index contributed by atoms with van der Waals surface area (Å²) in [5.41, 5.74) is 1.63. The molecule has 0 aliphatic rings. The van der Waals surface area contributed by atoms with E-state index in [1.54, 1.807) is 38.9 Å². The van der Waals surface area contributed by atoms with Gasteiger partial charge in [-0.1, -0.05) is 0 Å². The van der Waals surface area contributed by atoms with Crippen LogP contribution in [-0.4, -0.2) is 55.2 Å². The van der Waals surface area contributed by atoms with Crippen LogP contribution in [0.5, 0.6) is 0 Å². The van der Waals surface area contributed by atoms with Gasteiger partial charge >= 0.3 is 11.9 Å². The molecule has 0 aliphatic heterocycles. The molecular formula is C15H23N3O4. The van der Waals surface area contributed by atoms with Crippen LogP contribution in [-0.2, 0) is 9.47 Å². The Morgan fingerprint density at radius 1 is 1.14 bits per heavy atom. The van der Waals surface area contributed by atoms with Crippen molar-refractivity contribution in [3.05, 3.63) is 22.5 Å². The number of carbonyl (C=O) groups is 2. The lowest BCUT2D eigenvalue weighted by Crippen LogP contribution is -2.14. The molecule has 7 heteroatoms. The minimum atomic E-state index is -0.519. The maximum atomic E-state index is 12.2. The number of nitrogens with zero attached hydrogens (tertiary/aromatic N) is 3. The number of rotatable bonds is 6. The normalized spacial score (nSPS) is 10.8. The Morgan fingerprint density at radius 2 is 1.68 bits per heavy atom. The van der Waals surface area contributed by atoms with Gasteiger partial charge in [-0.05, 0) is 33.3 Å². The Kier molecular flexibility index (Phi) is 6.15. The van der Waals surface area contributed by atoms with Crippen LogP contribution in [0.15, 0.2) is 5.10 Å². The highest BCUT2D eigenvalue weighted by Gasteiger charge is 2.28. The van der Waals surface area contributed by atoms with E-state index >= 15 is 0 Å². The summed E-state index contributed by atoms with van der Waals surface area (Å²) in [4.78, 5) is 26.0. The van der Waals surface area contributed by atoms with Crippen molar-refractivity contribution in [1.29, 1.82) is 0 Å². The second-order valence-corrected chi connectivity index (χ2v) is 4.88. The molecule has 0 atom stereocenters. The zero-order valence-electron chi connectivity index (χ0n) is 14.0. The second kappa shape index (κ2) is 7.63. The highest BCUT2D eigenvalue weighted by molar-refractivity contribution is 5.99. The maximum Gasteiger partial charge on any atom is 0.357 e. The van der Waals surface area contributed by atoms with Crippen LogP contribution in [0.25, 0.3) is 0 Å². The van der Waals surface area contributed by atoms with Crippen LogP contribution < -0.4 is 0 Å². The Labute approximate surface area is 130 Å². The Balaban J connectivity index is 3.47. The van der Waals surface area contributed by atoms with Crippen LogP contribution in [0.4, 0.5) is 0 Å². The smallest absolute Gasteiger partial charge is 0.357 e. The van der Waals surface area contributed by atoms with Gasteiger partial charge in [0, 0.05) is 14.1 Å². The van der Waals surface area contributed by atoms with Crippen molar-refractivity contribution in [2.24, 2.45) is 5.10 Å². The molecule has 1 rings (SSSR count). The fourth-order valence-electron chi connectivity index (χ4n) is 2.06. The van der Waals surface area contributed by atoms with Crippen molar-refractivity contribution in [3.8, 4) is 0 Å². The summed E-state index contributed by atoms with van der Waals surface area (Å²) < 4.78 is 11.5. The van der Waals surface area contributed by atoms with Crippen molar-refractivity contribution in [3.63, 3.8) is 0 Å². The average molecular weight is 309 g/mol. The third kappa shape index (κ3) is 3.66. The quantitative estimate of drug-likeness (QED) is 0.455. The van der Waals surface area contributed by atoms with E-state index in [0.29, 0.717) is 16.8 Å². The zero-order chi connectivity index (χ0) is 16.9. The molecule has 0 aromatic carbocycles. The monoisotopic (exact) mass is 309 g/mol. The van der Waals surface area contributed by atoms with Crippen molar-refractivity contribution < 1.29 is 19.1 Å². The van der Waals surface area contributed by atoms with Crippen LogP contribution in [0.2, 0.25) is 0 Å². The number of esters is 2. The topological polar surface area (TPSA) is 73.1 Å². The molecule has 0 unspecified atom stereocenters. The van der Waals surface area contributed by atoms with Gasteiger partial charge in [-0.3, -0.25) is 0 Å². The summed E-state index contributed by atoms with van der Waals surface area (Å²) in [5, 5.41) is 4.24. The largest absolute Gasteiger partial charge is 0.462 e. The molecule has 1 aromatic rings. The zero-order valence-corrected chi connectivity index (χ0v) is 14.0. The van der Waals surface area contributed by atoms with E-state index in [4.69, 9.17) is 9.47 Å². The Hall–Kier alpha value is -2.31. The minimum absolute atomic E-state index is 0.237. The van der Waals surface area contributed by atoms with Crippen LogP contribution in [0.3, 0.4) is 0 Å². The Morgan fingerprint density at radius 3 is 2.18 bits per heavy atom. The summed E-state index contributed by atoms with van der Waals surface area (Å²) in [6.07, 6.45) is 1.55. The predicted molar refractivity (Wildman–Crippen MR) is 83.4 cm³/mol. The molecule has 1 aromatic heterocycles. The van der Waals surface area contributed by atoms with Crippen LogP contribution >= 0.6 is 0 Å². The molecule has 0 fully saturated rings. The van der Waals surface area contributed by atoms with Gasteiger partial charge in [0.05, 0.1) is 24.5 Å². The van der Waals surface area contributed by atoms with E-state index in [1.807, 2.05) is 14.1 Å². The van der Waals surface area contributed by atoms with Gasteiger partial charge in [0.2, 0.25) is 0 Å². The number of hydrogen-bond donors (Lipinski definition) is 0. The second-order valence-electron chi connectivity index (χ2n) is 4.88. The van der Waals surface area contributed by atoms with Gasteiger partial charge in [0.15, 0.2) is 5.69 Å². The van der Waals surface area contributed by atoms with Gasteiger partial charge < -0.3 is 14.4 Å². The maximum absolute atomic E-state index is 12.2. The first-order chi connectivity index (χ1) is 10.3. The van der Waals surface area contributed by atoms with Crippen molar-refractivity contribution >= 4 is 18.3 Å². The van der Waals surface area contributed by atoms with E-state index < -0.39 is 11.9 Å². The molecule has 0 aliphatic carbocycles. The summed E-state index contributed by atoms with van der Waals surface area (Å²) in [7, 11) is 3.62. The molecule has 0 bridgehead atoms. The van der Waals surface area contributed by atoms with Gasteiger partial charge in [0.1, 0.15) is 6.34 Å². The summed E-state index contributed by atoms with van der Waals surface area (Å²) in [5.74, 6) is -0.989. The van der Waals surface area contributed by atoms with Crippen LogP contribution in [0, 0.1) is 13.8 Å². The molecule has 0 spiro atoms. The summed E-state index contributed by atoms with van der Waals surface area (Å²) in [6.45, 7) is 7.37. The lowest BCUT2D eigenvalue weighted by molar-refractivity contribution is 0.0512. The number of aromatic nitrogens is 1. The highest BCUT2D eigenvalue weighted by Crippen LogP contribution is 2.24. The summed E-state index contributed by atoms with van der Waals surface area (Å²) >= 11 is 0. The molecule has 7 nitrogen and oxygen atoms in total. The molecule has 22 heavy (non-hydrogen) atoms. The first-order valence-electron chi connectivity index (χ1n) is 7.12. The third-order valence-corrected chi connectivity index (χ3v) is 2.97. The fraction of sp³-hybridized carbons (Fsp3) is 0.533. The van der Waals surface area contributed by atoms with E-state index in [0.717, 1.165) is 0 Å². The first kappa shape index (κ1) is 17.7. The SMILES string of the molecule is CCOC(=O)c1c(C)c(C(=O)OCC)n(/N=C/N(C)C)c1C. The Bertz CT molecular complexity index is 588. The summed E-state index contributed by atoms with van der Waals surface area (Å²) in [6, 6.07) is 0. The van der Waals surface area contributed by atoms with E-state index in [2.05, 4.69) is 5.10 Å². The number of carbonyl (C=O) groups excluding carboxylic acids is 2. The molecule has 0 radical (unpaired) electrons. The van der Waals surface area contributed by atoms with Crippen molar-refractivity contribution in [2.75, 3.05) is 27.3 Å². The molecular weight excluding hydrogens is 286 g/mol. The molecule has 0 saturated heterocycles. The lowest BCUT2D eigenvalue weighted by atomic mass is 10.1. The number of ether oxygens (including phenoxy) is 2. The lowest BCUT2D eigenvalue weighted by Gasteiger charge is -2.08. The molecule has 0 N–H and O–H groups in total. The third-order valence-electron chi connectivity index (χ3n) is 2.97. The van der Waals surface area contributed by atoms with E-state index in [-0.39, 0.29) is 18.9 Å². The minimum Gasteiger partial charge on any atom is -0.462 e. The average Bonchev–Trinajstić information content (AvgIpc) is 2.67. The molecule has 1 heterocycles. The van der Waals surface area contributed by atoms with E-state index in [9.17, 15) is 9.59 Å². The molecule has 0 amide bonds. The standard InChI is InChI=1S/C15H23N3O4/c1-7-21-14(19)12-10(3)13(15(20)22-8-2)18(11(12)4)16-9-17(5)6/h9H,7-8H2,1-6H3/b16-9+. The van der Waals surface area contributed by atoms with Crippen molar-refractivity contribution in [2.45, 2.75) is 27.7 Å². The number of hydrogen-bond acceptors (Lipinski definition) is 5. The highest BCUT2D eigenvalue weighted by atomic mass is 16.5. The molecule has 122 valence electrons. The first-order valence-corrected chi connectivity index (χ1v) is 7.12. The van der Waals surface area contributed by atoms with Gasteiger partial charge in [0.25, 0.3) is 0 Å².